The molecule has 0 aliphatic heterocycles. The molecule has 0 aromatic heterocycles. The summed E-state index contributed by atoms with van der Waals surface area (Å²) < 4.78 is 10.6. The van der Waals surface area contributed by atoms with Gasteiger partial charge in [0.2, 0.25) is 5.76 Å². The van der Waals surface area contributed by atoms with Crippen molar-refractivity contribution in [2.75, 3.05) is 14.2 Å². The molecule has 0 saturated carbocycles. The summed E-state index contributed by atoms with van der Waals surface area (Å²) in [6.07, 6.45) is 0. The second-order valence-electron chi connectivity index (χ2n) is 2.60. The van der Waals surface area contributed by atoms with Crippen molar-refractivity contribution in [3.8, 4) is 5.75 Å². The van der Waals surface area contributed by atoms with Gasteiger partial charge in [-0.3, -0.25) is 0 Å². The number of halogens is 2. The van der Waals surface area contributed by atoms with E-state index in [0.717, 1.165) is 0 Å². The summed E-state index contributed by atoms with van der Waals surface area (Å²) in [6.45, 7) is 0. The fraction of sp³-hybridized carbons (Fsp3) is 0.200. The average Bonchev–Trinajstić information content (AvgIpc) is 2.24. The lowest BCUT2D eigenvalue weighted by molar-refractivity contribution is 0.369. The second-order valence-corrected chi connectivity index (χ2v) is 3.83. The minimum atomic E-state index is 0.0719. The van der Waals surface area contributed by atoms with Crippen molar-refractivity contribution in [2.24, 2.45) is 0 Å². The van der Waals surface area contributed by atoms with E-state index in [0.29, 0.717) is 20.8 Å². The lowest BCUT2D eigenvalue weighted by atomic mass is 10.2. The molecule has 0 N–H and O–H groups in total. The maximum Gasteiger partial charge on any atom is 0.212 e. The van der Waals surface area contributed by atoms with Crippen LogP contribution in [0.1, 0.15) is 5.56 Å². The molecule has 1 rings (SSSR count). The summed E-state index contributed by atoms with van der Waals surface area (Å²) in [5, 5.41) is 0.454. The van der Waals surface area contributed by atoms with E-state index in [-0.39, 0.29) is 5.76 Å². The number of rotatable bonds is 3. The van der Waals surface area contributed by atoms with Crippen LogP contribution in [-0.4, -0.2) is 20.2 Å². The molecule has 0 bridgehead atoms. The first-order valence-corrected chi connectivity index (χ1v) is 5.13. The highest BCUT2D eigenvalue weighted by Gasteiger charge is 2.13. The summed E-state index contributed by atoms with van der Waals surface area (Å²) in [6, 6.07) is 3.23. The van der Waals surface area contributed by atoms with Crippen LogP contribution in [0.15, 0.2) is 16.6 Å². The van der Waals surface area contributed by atoms with Crippen LogP contribution in [0, 0.1) is 0 Å². The summed E-state index contributed by atoms with van der Waals surface area (Å²) in [7, 11) is 2.90. The Labute approximate surface area is 101 Å². The zero-order valence-electron chi connectivity index (χ0n) is 8.14. The highest BCUT2D eigenvalue weighted by molar-refractivity contribution is 9.10. The van der Waals surface area contributed by atoms with Gasteiger partial charge in [0, 0.05) is 10.6 Å². The molecule has 0 saturated heterocycles. The molecule has 5 heteroatoms. The van der Waals surface area contributed by atoms with Crippen LogP contribution in [0.3, 0.4) is 0 Å². The van der Waals surface area contributed by atoms with E-state index in [9.17, 15) is 4.79 Å². The maximum absolute atomic E-state index is 10.6. The van der Waals surface area contributed by atoms with Gasteiger partial charge >= 0.3 is 0 Å². The zero-order chi connectivity index (χ0) is 11.4. The quantitative estimate of drug-likeness (QED) is 0.634. The first kappa shape index (κ1) is 12.1. The van der Waals surface area contributed by atoms with Crippen molar-refractivity contribution in [1.82, 2.24) is 0 Å². The Kier molecular flexibility index (Phi) is 4.21. The zero-order valence-corrected chi connectivity index (χ0v) is 10.5. The molecular weight excluding hydrogens is 283 g/mol. The number of methoxy groups -OCH3 is 2. The number of ether oxygens (including phenoxy) is 2. The lowest BCUT2D eigenvalue weighted by Gasteiger charge is -2.09. The SMILES string of the molecule is COC(=C=O)c1cc(Cl)cc(OC)c1Br. The first-order chi connectivity index (χ1) is 7.13. The number of hydrogen-bond acceptors (Lipinski definition) is 3. The third-order valence-corrected chi connectivity index (χ3v) is 2.80. The minimum absolute atomic E-state index is 0.0719. The fourth-order valence-electron chi connectivity index (χ4n) is 1.08. The second kappa shape index (κ2) is 5.21. The summed E-state index contributed by atoms with van der Waals surface area (Å²) in [4.78, 5) is 10.6. The van der Waals surface area contributed by atoms with Crippen molar-refractivity contribution in [1.29, 1.82) is 0 Å². The highest BCUT2D eigenvalue weighted by Crippen LogP contribution is 2.35. The van der Waals surface area contributed by atoms with Crippen LogP contribution in [0.4, 0.5) is 0 Å². The topological polar surface area (TPSA) is 35.5 Å². The standard InChI is InChI=1S/C10H8BrClO3/c1-14-8-4-6(12)3-7(10(8)11)9(5-13)15-2/h3-4H,1-2H3. The first-order valence-electron chi connectivity index (χ1n) is 3.96. The van der Waals surface area contributed by atoms with E-state index < -0.39 is 0 Å². The van der Waals surface area contributed by atoms with Crippen LogP contribution in [0.2, 0.25) is 5.02 Å². The molecule has 0 amide bonds. The van der Waals surface area contributed by atoms with Crippen molar-refractivity contribution in [3.63, 3.8) is 0 Å². The smallest absolute Gasteiger partial charge is 0.212 e. The Morgan fingerprint density at radius 1 is 1.47 bits per heavy atom. The predicted molar refractivity (Wildman–Crippen MR) is 61.8 cm³/mol. The van der Waals surface area contributed by atoms with Crippen LogP contribution >= 0.6 is 27.5 Å². The van der Waals surface area contributed by atoms with Crippen molar-refractivity contribution in [3.05, 3.63) is 27.2 Å². The average molecular weight is 292 g/mol. The molecule has 1 aromatic rings. The van der Waals surface area contributed by atoms with Crippen LogP contribution in [0.5, 0.6) is 5.75 Å². The Morgan fingerprint density at radius 2 is 2.13 bits per heavy atom. The molecule has 0 spiro atoms. The predicted octanol–water partition coefficient (Wildman–Crippen LogP) is 2.93. The lowest BCUT2D eigenvalue weighted by Crippen LogP contribution is -1.93. The largest absolute Gasteiger partial charge is 0.495 e. The molecular formula is C10H8BrClO3. The van der Waals surface area contributed by atoms with E-state index >= 15 is 0 Å². The molecule has 80 valence electrons. The number of hydrogen-bond donors (Lipinski definition) is 0. The van der Waals surface area contributed by atoms with Crippen molar-refractivity contribution >= 4 is 39.2 Å². The fourth-order valence-corrected chi connectivity index (χ4v) is 1.86. The van der Waals surface area contributed by atoms with Gasteiger partial charge in [0.1, 0.15) is 5.75 Å². The van der Waals surface area contributed by atoms with E-state index in [1.807, 2.05) is 0 Å². The molecule has 0 aliphatic rings. The molecule has 15 heavy (non-hydrogen) atoms. The van der Waals surface area contributed by atoms with Gasteiger partial charge in [-0.05, 0) is 28.1 Å². The molecule has 0 unspecified atom stereocenters. The van der Waals surface area contributed by atoms with E-state index in [1.54, 1.807) is 18.1 Å². The van der Waals surface area contributed by atoms with Gasteiger partial charge in [0.05, 0.1) is 18.7 Å². The van der Waals surface area contributed by atoms with Gasteiger partial charge in [0.15, 0.2) is 5.94 Å². The molecule has 1 aromatic carbocycles. The molecule has 0 radical (unpaired) electrons. The van der Waals surface area contributed by atoms with Gasteiger partial charge in [0.25, 0.3) is 0 Å². The number of carbonyl (C=O) groups excluding carboxylic acids is 1. The van der Waals surface area contributed by atoms with E-state index in [4.69, 9.17) is 21.1 Å². The van der Waals surface area contributed by atoms with Gasteiger partial charge in [-0.1, -0.05) is 11.6 Å². The van der Waals surface area contributed by atoms with Crippen LogP contribution in [0.25, 0.3) is 5.76 Å². The molecule has 0 heterocycles. The normalized spacial score (nSPS) is 9.33. The Morgan fingerprint density at radius 3 is 2.60 bits per heavy atom. The van der Waals surface area contributed by atoms with Crippen molar-refractivity contribution < 1.29 is 14.3 Å². The Balaban J connectivity index is 3.41. The van der Waals surface area contributed by atoms with Crippen molar-refractivity contribution in [2.45, 2.75) is 0 Å². The van der Waals surface area contributed by atoms with Crippen LogP contribution in [-0.2, 0) is 9.53 Å². The van der Waals surface area contributed by atoms with Crippen LogP contribution < -0.4 is 4.74 Å². The third kappa shape index (κ3) is 2.53. The minimum Gasteiger partial charge on any atom is -0.495 e. The highest BCUT2D eigenvalue weighted by atomic mass is 79.9. The third-order valence-electron chi connectivity index (χ3n) is 1.77. The van der Waals surface area contributed by atoms with Gasteiger partial charge < -0.3 is 9.47 Å². The van der Waals surface area contributed by atoms with E-state index in [1.165, 1.54) is 14.2 Å². The summed E-state index contributed by atoms with van der Waals surface area (Å²) in [5.41, 5.74) is 0.511. The summed E-state index contributed by atoms with van der Waals surface area (Å²) >= 11 is 9.15. The van der Waals surface area contributed by atoms with Gasteiger partial charge in [-0.15, -0.1) is 0 Å². The molecule has 0 aliphatic carbocycles. The molecule has 3 nitrogen and oxygen atoms in total. The summed E-state index contributed by atoms with van der Waals surface area (Å²) in [5.74, 6) is 2.29. The monoisotopic (exact) mass is 290 g/mol. The maximum atomic E-state index is 10.6. The van der Waals surface area contributed by atoms with Gasteiger partial charge in [-0.2, -0.15) is 0 Å². The van der Waals surface area contributed by atoms with E-state index in [2.05, 4.69) is 15.9 Å². The van der Waals surface area contributed by atoms with Gasteiger partial charge in [-0.25, -0.2) is 4.79 Å². The molecule has 0 fully saturated rings. The Bertz CT molecular complexity index is 425. The Hall–Kier alpha value is -0.960. The molecule has 0 atom stereocenters. The number of benzene rings is 1.